The minimum absolute atomic E-state index is 0.0438. The predicted octanol–water partition coefficient (Wildman–Crippen LogP) is 2.64. The molecule has 0 bridgehead atoms. The SMILES string of the molecule is CC[C@@H]1CN(C(=O)C(=O)CC(C)C)CCC(=O)N1Cc1ccccc1. The molecule has 5 heteroatoms. The Hall–Kier alpha value is -2.17. The predicted molar refractivity (Wildman–Crippen MR) is 96.7 cm³/mol. The third-order valence-corrected chi connectivity index (χ3v) is 4.57. The summed E-state index contributed by atoms with van der Waals surface area (Å²) in [4.78, 5) is 40.6. The van der Waals surface area contributed by atoms with Gasteiger partial charge in [-0.3, -0.25) is 14.4 Å². The first kappa shape index (κ1) is 19.2. The van der Waals surface area contributed by atoms with Crippen molar-refractivity contribution in [3.63, 3.8) is 0 Å². The molecule has 1 aromatic rings. The Morgan fingerprint density at radius 3 is 2.48 bits per heavy atom. The zero-order chi connectivity index (χ0) is 18.4. The Labute approximate surface area is 150 Å². The fourth-order valence-corrected chi connectivity index (χ4v) is 3.19. The molecule has 1 aromatic carbocycles. The summed E-state index contributed by atoms with van der Waals surface area (Å²) >= 11 is 0. The van der Waals surface area contributed by atoms with E-state index in [4.69, 9.17) is 0 Å². The number of nitrogens with zero attached hydrogens (tertiary/aromatic N) is 2. The Morgan fingerprint density at radius 2 is 1.88 bits per heavy atom. The minimum atomic E-state index is -0.443. The van der Waals surface area contributed by atoms with E-state index in [2.05, 4.69) is 0 Å². The molecule has 2 rings (SSSR count). The average molecular weight is 344 g/mol. The van der Waals surface area contributed by atoms with Gasteiger partial charge in [-0.05, 0) is 17.9 Å². The molecule has 25 heavy (non-hydrogen) atoms. The Kier molecular flexibility index (Phi) is 6.73. The number of carbonyl (C=O) groups excluding carboxylic acids is 3. The number of Topliss-reactive ketones (excluding diaryl/α,β-unsaturated/α-hetero) is 1. The van der Waals surface area contributed by atoms with E-state index >= 15 is 0 Å². The third kappa shape index (κ3) is 5.15. The highest BCUT2D eigenvalue weighted by Gasteiger charge is 2.32. The molecule has 0 aromatic heterocycles. The summed E-state index contributed by atoms with van der Waals surface area (Å²) in [5, 5.41) is 0. The topological polar surface area (TPSA) is 57.7 Å². The third-order valence-electron chi connectivity index (χ3n) is 4.57. The minimum Gasteiger partial charge on any atom is -0.334 e. The second kappa shape index (κ2) is 8.79. The summed E-state index contributed by atoms with van der Waals surface area (Å²) in [7, 11) is 0. The number of benzene rings is 1. The summed E-state index contributed by atoms with van der Waals surface area (Å²) in [6, 6.07) is 9.80. The van der Waals surface area contributed by atoms with Crippen LogP contribution in [0.1, 0.15) is 45.6 Å². The van der Waals surface area contributed by atoms with Gasteiger partial charge >= 0.3 is 0 Å². The number of carbonyl (C=O) groups is 3. The number of amides is 2. The van der Waals surface area contributed by atoms with Crippen LogP contribution < -0.4 is 0 Å². The largest absolute Gasteiger partial charge is 0.334 e. The Bertz CT molecular complexity index is 613. The van der Waals surface area contributed by atoms with Crippen LogP contribution in [0.3, 0.4) is 0 Å². The lowest BCUT2D eigenvalue weighted by molar-refractivity contribution is -0.145. The van der Waals surface area contributed by atoms with Crippen LogP contribution >= 0.6 is 0 Å². The fourth-order valence-electron chi connectivity index (χ4n) is 3.19. The van der Waals surface area contributed by atoms with Gasteiger partial charge in [0, 0.05) is 38.5 Å². The molecule has 0 aliphatic carbocycles. The molecule has 0 spiro atoms. The quantitative estimate of drug-likeness (QED) is 0.746. The number of hydrogen-bond acceptors (Lipinski definition) is 3. The normalized spacial score (nSPS) is 18.4. The highest BCUT2D eigenvalue weighted by molar-refractivity contribution is 6.36. The fraction of sp³-hybridized carbons (Fsp3) is 0.550. The van der Waals surface area contributed by atoms with E-state index in [1.165, 1.54) is 0 Å². The summed E-state index contributed by atoms with van der Waals surface area (Å²) in [5.74, 6) is -0.598. The molecular formula is C20H28N2O3. The molecule has 5 nitrogen and oxygen atoms in total. The molecule has 0 saturated carbocycles. The van der Waals surface area contributed by atoms with Crippen molar-refractivity contribution >= 4 is 17.6 Å². The van der Waals surface area contributed by atoms with Gasteiger partial charge in [0.1, 0.15) is 0 Å². The van der Waals surface area contributed by atoms with Crippen molar-refractivity contribution in [3.05, 3.63) is 35.9 Å². The van der Waals surface area contributed by atoms with Gasteiger partial charge in [-0.1, -0.05) is 51.1 Å². The molecule has 1 aliphatic rings. The molecule has 1 heterocycles. The molecule has 1 aliphatic heterocycles. The van der Waals surface area contributed by atoms with Crippen LogP contribution in [0.4, 0.5) is 0 Å². The number of hydrogen-bond donors (Lipinski definition) is 0. The van der Waals surface area contributed by atoms with E-state index in [-0.39, 0.29) is 36.5 Å². The van der Waals surface area contributed by atoms with Gasteiger partial charge in [-0.15, -0.1) is 0 Å². The molecular weight excluding hydrogens is 316 g/mol. The molecule has 1 atom stereocenters. The van der Waals surface area contributed by atoms with Crippen molar-refractivity contribution in [3.8, 4) is 0 Å². The lowest BCUT2D eigenvalue weighted by atomic mass is 10.1. The maximum absolute atomic E-state index is 12.6. The Morgan fingerprint density at radius 1 is 1.20 bits per heavy atom. The van der Waals surface area contributed by atoms with Gasteiger partial charge in [-0.2, -0.15) is 0 Å². The zero-order valence-corrected chi connectivity index (χ0v) is 15.4. The van der Waals surface area contributed by atoms with Crippen molar-refractivity contribution in [2.75, 3.05) is 13.1 Å². The highest BCUT2D eigenvalue weighted by Crippen LogP contribution is 2.18. The molecule has 0 unspecified atom stereocenters. The van der Waals surface area contributed by atoms with Crippen molar-refractivity contribution in [2.24, 2.45) is 5.92 Å². The van der Waals surface area contributed by atoms with Gasteiger partial charge < -0.3 is 9.80 Å². The van der Waals surface area contributed by atoms with Crippen LogP contribution in [0.5, 0.6) is 0 Å². The standard InChI is InChI=1S/C20H28N2O3/c1-4-17-14-21(20(25)18(23)12-15(2)3)11-10-19(24)22(17)13-16-8-6-5-7-9-16/h5-9,15,17H,4,10-14H2,1-3H3/t17-/m1/s1. The smallest absolute Gasteiger partial charge is 0.290 e. The molecule has 0 radical (unpaired) electrons. The Balaban J connectivity index is 2.12. The molecule has 136 valence electrons. The monoisotopic (exact) mass is 344 g/mol. The van der Waals surface area contributed by atoms with E-state index < -0.39 is 5.91 Å². The molecule has 0 N–H and O–H groups in total. The maximum atomic E-state index is 12.6. The second-order valence-corrected chi connectivity index (χ2v) is 7.09. The van der Waals surface area contributed by atoms with Crippen LogP contribution in [0.2, 0.25) is 0 Å². The van der Waals surface area contributed by atoms with Crippen LogP contribution in [0, 0.1) is 5.92 Å². The molecule has 1 saturated heterocycles. The van der Waals surface area contributed by atoms with E-state index in [9.17, 15) is 14.4 Å². The van der Waals surface area contributed by atoms with Crippen molar-refractivity contribution in [2.45, 2.75) is 52.6 Å². The van der Waals surface area contributed by atoms with Gasteiger partial charge in [0.15, 0.2) is 0 Å². The van der Waals surface area contributed by atoms with Crippen molar-refractivity contribution < 1.29 is 14.4 Å². The summed E-state index contributed by atoms with van der Waals surface area (Å²) in [5.41, 5.74) is 1.07. The van der Waals surface area contributed by atoms with E-state index in [0.717, 1.165) is 12.0 Å². The van der Waals surface area contributed by atoms with Crippen LogP contribution in [-0.4, -0.2) is 46.5 Å². The van der Waals surface area contributed by atoms with Gasteiger partial charge in [0.25, 0.3) is 5.91 Å². The van der Waals surface area contributed by atoms with Crippen molar-refractivity contribution in [1.29, 1.82) is 0 Å². The maximum Gasteiger partial charge on any atom is 0.290 e. The molecule has 2 amide bonds. The van der Waals surface area contributed by atoms with E-state index in [0.29, 0.717) is 19.6 Å². The lowest BCUT2D eigenvalue weighted by Crippen LogP contribution is -2.45. The summed E-state index contributed by atoms with van der Waals surface area (Å²) < 4.78 is 0. The van der Waals surface area contributed by atoms with Crippen LogP contribution in [-0.2, 0) is 20.9 Å². The highest BCUT2D eigenvalue weighted by atomic mass is 16.2. The summed E-state index contributed by atoms with van der Waals surface area (Å²) in [6.45, 7) is 7.15. The van der Waals surface area contributed by atoms with E-state index in [1.807, 2.05) is 56.0 Å². The number of rotatable bonds is 6. The first-order valence-electron chi connectivity index (χ1n) is 9.07. The number of ketones is 1. The van der Waals surface area contributed by atoms with Crippen LogP contribution in [0.25, 0.3) is 0 Å². The van der Waals surface area contributed by atoms with E-state index in [1.54, 1.807) is 4.90 Å². The zero-order valence-electron chi connectivity index (χ0n) is 15.4. The van der Waals surface area contributed by atoms with Gasteiger partial charge in [0.05, 0.1) is 0 Å². The molecule has 1 fully saturated rings. The van der Waals surface area contributed by atoms with Gasteiger partial charge in [0.2, 0.25) is 11.7 Å². The lowest BCUT2D eigenvalue weighted by Gasteiger charge is -2.31. The average Bonchev–Trinajstić information content (AvgIpc) is 2.74. The first-order valence-corrected chi connectivity index (χ1v) is 9.07. The van der Waals surface area contributed by atoms with Crippen molar-refractivity contribution in [1.82, 2.24) is 9.80 Å². The van der Waals surface area contributed by atoms with Gasteiger partial charge in [-0.25, -0.2) is 0 Å². The first-order chi connectivity index (χ1) is 11.9. The van der Waals surface area contributed by atoms with Crippen LogP contribution in [0.15, 0.2) is 30.3 Å². The summed E-state index contributed by atoms with van der Waals surface area (Å²) in [6.07, 6.45) is 1.28. The second-order valence-electron chi connectivity index (χ2n) is 7.09.